The third-order valence-corrected chi connectivity index (χ3v) is 11.0. The first-order valence-corrected chi connectivity index (χ1v) is 14.0. The van der Waals surface area contributed by atoms with Crippen molar-refractivity contribution in [2.24, 2.45) is 28.6 Å². The van der Waals surface area contributed by atoms with Gasteiger partial charge in [-0.15, -0.1) is 0 Å². The van der Waals surface area contributed by atoms with Gasteiger partial charge in [-0.3, -0.25) is 0 Å². The zero-order chi connectivity index (χ0) is 25.7. The second-order valence-electron chi connectivity index (χ2n) is 12.9. The molecular formula is C29H44N2O5. The molecule has 4 aliphatic rings. The Hall–Kier alpha value is -1.86. The van der Waals surface area contributed by atoms with E-state index in [-0.39, 0.29) is 34.6 Å². The van der Waals surface area contributed by atoms with E-state index in [4.69, 9.17) is 9.15 Å². The van der Waals surface area contributed by atoms with Gasteiger partial charge in [-0.25, -0.2) is 9.59 Å². The number of aliphatic hydroxyl groups is 1. The number of likely N-dealkylation sites (N-methyl/N-ethyl adjacent to an activating group) is 1. The summed E-state index contributed by atoms with van der Waals surface area (Å²) in [6, 6.07) is 3.41. The van der Waals surface area contributed by atoms with Gasteiger partial charge in [0.1, 0.15) is 6.10 Å². The maximum Gasteiger partial charge on any atom is 0.407 e. The van der Waals surface area contributed by atoms with Crippen molar-refractivity contribution in [3.05, 3.63) is 34.4 Å². The van der Waals surface area contributed by atoms with Gasteiger partial charge < -0.3 is 24.5 Å². The molecule has 0 aromatic carbocycles. The number of fused-ring (bicyclic) bond motifs is 5. The molecule has 5 rings (SSSR count). The molecule has 8 atom stereocenters. The minimum absolute atomic E-state index is 0.0143. The van der Waals surface area contributed by atoms with Gasteiger partial charge in [-0.05, 0) is 113 Å². The topological polar surface area (TPSA) is 92.0 Å². The van der Waals surface area contributed by atoms with Crippen molar-refractivity contribution in [1.82, 2.24) is 10.2 Å². The lowest BCUT2D eigenvalue weighted by atomic mass is 9.43. The highest BCUT2D eigenvalue weighted by molar-refractivity contribution is 5.67. The number of alkyl carbamates (subject to hydrolysis) is 1. The van der Waals surface area contributed by atoms with E-state index in [1.165, 1.54) is 6.07 Å². The summed E-state index contributed by atoms with van der Waals surface area (Å²) in [5, 5.41) is 15.3. The second kappa shape index (κ2) is 9.46. The molecule has 1 amide bonds. The molecule has 4 saturated carbocycles. The molecule has 1 aromatic rings. The van der Waals surface area contributed by atoms with E-state index in [2.05, 4.69) is 19.2 Å². The van der Waals surface area contributed by atoms with Gasteiger partial charge in [0.15, 0.2) is 0 Å². The Morgan fingerprint density at radius 3 is 2.64 bits per heavy atom. The monoisotopic (exact) mass is 500 g/mol. The zero-order valence-corrected chi connectivity index (χ0v) is 22.4. The smallest absolute Gasteiger partial charge is 0.407 e. The number of hydrogen-bond donors (Lipinski definition) is 2. The van der Waals surface area contributed by atoms with E-state index in [1.54, 1.807) is 6.26 Å². The molecule has 0 unspecified atom stereocenters. The van der Waals surface area contributed by atoms with Crippen molar-refractivity contribution in [3.8, 4) is 0 Å². The van der Waals surface area contributed by atoms with Gasteiger partial charge in [-0.2, -0.15) is 0 Å². The zero-order valence-electron chi connectivity index (χ0n) is 22.4. The molecule has 2 N–H and O–H groups in total. The summed E-state index contributed by atoms with van der Waals surface area (Å²) in [6.07, 6.45) is 10.2. The summed E-state index contributed by atoms with van der Waals surface area (Å²) in [6.45, 7) is 6.12. The molecule has 0 aliphatic heterocycles. The minimum atomic E-state index is -0.690. The number of hydrogen-bond acceptors (Lipinski definition) is 6. The van der Waals surface area contributed by atoms with Crippen molar-refractivity contribution >= 4 is 6.09 Å². The molecule has 200 valence electrons. The van der Waals surface area contributed by atoms with Gasteiger partial charge in [0.05, 0.1) is 11.9 Å². The van der Waals surface area contributed by atoms with E-state index in [0.29, 0.717) is 24.3 Å². The number of carbonyl (C=O) groups excluding carboxylic acids is 1. The average molecular weight is 501 g/mol. The normalized spacial score (nSPS) is 41.8. The summed E-state index contributed by atoms with van der Waals surface area (Å²) in [4.78, 5) is 25.9. The van der Waals surface area contributed by atoms with E-state index in [1.807, 2.05) is 25.1 Å². The van der Waals surface area contributed by atoms with Crippen LogP contribution in [0.3, 0.4) is 0 Å². The van der Waals surface area contributed by atoms with Crippen molar-refractivity contribution in [1.29, 1.82) is 0 Å². The van der Waals surface area contributed by atoms with Gasteiger partial charge in [-0.1, -0.05) is 13.8 Å². The largest absolute Gasteiger partial charge is 0.446 e. The maximum absolute atomic E-state index is 12.4. The summed E-state index contributed by atoms with van der Waals surface area (Å²) < 4.78 is 11.0. The van der Waals surface area contributed by atoms with Crippen LogP contribution in [-0.2, 0) is 4.74 Å². The Bertz CT molecular complexity index is 1000. The molecule has 4 fully saturated rings. The van der Waals surface area contributed by atoms with Crippen LogP contribution in [0.1, 0.15) is 83.1 Å². The van der Waals surface area contributed by atoms with Gasteiger partial charge in [0.2, 0.25) is 0 Å². The molecule has 1 heterocycles. The standard InChI is InChI=1S/C29H44N2O5/c1-27-12-9-21(36-26(33)30-15-16-31(3)4)17-20(27)6-7-24-23(27)10-13-28(2)22(11-14-29(24,28)34)19-5-8-25(32)35-18-19/h5,8,18,20-24,34H,6-7,9-17H2,1-4H3,(H,30,33)/t20-,21+,22-,23+,24-,27+,28-,29+/m1/s1. The Balaban J connectivity index is 1.27. The van der Waals surface area contributed by atoms with Crippen molar-refractivity contribution in [3.63, 3.8) is 0 Å². The van der Waals surface area contributed by atoms with Crippen molar-refractivity contribution < 1.29 is 19.1 Å². The van der Waals surface area contributed by atoms with Crippen LogP contribution in [0.15, 0.2) is 27.6 Å². The third kappa shape index (κ3) is 4.20. The first-order valence-electron chi connectivity index (χ1n) is 14.0. The van der Waals surface area contributed by atoms with Crippen LogP contribution in [0.2, 0.25) is 0 Å². The molecule has 0 radical (unpaired) electrons. The maximum atomic E-state index is 12.4. The molecule has 7 nitrogen and oxygen atoms in total. The van der Waals surface area contributed by atoms with E-state index in [9.17, 15) is 14.7 Å². The Morgan fingerprint density at radius 1 is 1.11 bits per heavy atom. The molecule has 0 spiro atoms. The molecule has 7 heteroatoms. The van der Waals surface area contributed by atoms with Crippen LogP contribution in [0.5, 0.6) is 0 Å². The molecule has 4 aliphatic carbocycles. The van der Waals surface area contributed by atoms with E-state index in [0.717, 1.165) is 69.9 Å². The number of rotatable bonds is 5. The summed E-state index contributed by atoms with van der Waals surface area (Å²) in [7, 11) is 3.98. The van der Waals surface area contributed by atoms with Crippen LogP contribution >= 0.6 is 0 Å². The third-order valence-electron chi connectivity index (χ3n) is 11.0. The SMILES string of the molecule is CN(C)CCNC(=O)O[C@H]1CC[C@@]2(C)[C@H](CC[C@@H]3[C@@H]2CC[C@]2(C)[C@@H](c4ccc(=O)oc4)CC[C@]32O)C1. The summed E-state index contributed by atoms with van der Waals surface area (Å²) in [5.74, 6) is 1.54. The van der Waals surface area contributed by atoms with Crippen LogP contribution in [-0.4, -0.2) is 55.0 Å². The fourth-order valence-electron chi connectivity index (χ4n) is 8.97. The number of carbonyl (C=O) groups is 1. The Labute approximate surface area is 215 Å². The van der Waals surface area contributed by atoms with Crippen LogP contribution in [0, 0.1) is 28.6 Å². The van der Waals surface area contributed by atoms with Gasteiger partial charge >= 0.3 is 11.7 Å². The number of nitrogens with zero attached hydrogens (tertiary/aromatic N) is 1. The quantitative estimate of drug-likeness (QED) is 0.617. The lowest BCUT2D eigenvalue weighted by Gasteiger charge is -2.63. The first kappa shape index (κ1) is 25.8. The summed E-state index contributed by atoms with van der Waals surface area (Å²) in [5.41, 5.74) is 0.0106. The van der Waals surface area contributed by atoms with Crippen LogP contribution in [0.25, 0.3) is 0 Å². The molecule has 36 heavy (non-hydrogen) atoms. The lowest BCUT2D eigenvalue weighted by molar-refractivity contribution is -0.205. The average Bonchev–Trinajstić information content (AvgIpc) is 3.11. The Kier molecular flexibility index (Phi) is 6.78. The molecule has 0 bridgehead atoms. The fraction of sp³-hybridized carbons (Fsp3) is 0.793. The highest BCUT2D eigenvalue weighted by atomic mass is 16.6. The second-order valence-corrected chi connectivity index (χ2v) is 12.9. The highest BCUT2D eigenvalue weighted by Crippen LogP contribution is 2.70. The fourth-order valence-corrected chi connectivity index (χ4v) is 8.97. The van der Waals surface area contributed by atoms with Gasteiger partial charge in [0, 0.05) is 24.6 Å². The number of nitrogens with one attached hydrogen (secondary N) is 1. The van der Waals surface area contributed by atoms with E-state index >= 15 is 0 Å². The molecule has 1 aromatic heterocycles. The Morgan fingerprint density at radius 2 is 1.92 bits per heavy atom. The predicted octanol–water partition coefficient (Wildman–Crippen LogP) is 4.54. The van der Waals surface area contributed by atoms with Crippen LogP contribution < -0.4 is 10.9 Å². The van der Waals surface area contributed by atoms with E-state index < -0.39 is 5.60 Å². The minimum Gasteiger partial charge on any atom is -0.446 e. The van der Waals surface area contributed by atoms with Crippen molar-refractivity contribution in [2.75, 3.05) is 27.2 Å². The first-order chi connectivity index (χ1) is 17.1. The molecule has 0 saturated heterocycles. The number of amides is 1. The summed E-state index contributed by atoms with van der Waals surface area (Å²) >= 11 is 0. The lowest BCUT2D eigenvalue weighted by Crippen LogP contribution is -2.62. The highest BCUT2D eigenvalue weighted by Gasteiger charge is 2.67. The number of ether oxygens (including phenoxy) is 1. The molecular weight excluding hydrogens is 456 g/mol. The van der Waals surface area contributed by atoms with Crippen molar-refractivity contribution in [2.45, 2.75) is 89.3 Å². The van der Waals surface area contributed by atoms with Gasteiger partial charge in [0.25, 0.3) is 0 Å². The van der Waals surface area contributed by atoms with Crippen LogP contribution in [0.4, 0.5) is 4.79 Å². The predicted molar refractivity (Wildman–Crippen MR) is 138 cm³/mol.